The number of hydrogen-bond acceptors (Lipinski definition) is 5. The number of nitrogens with one attached hydrogen (secondary N) is 1. The Kier molecular flexibility index (Phi) is 6.07. The zero-order valence-corrected chi connectivity index (χ0v) is 15.4. The average molecular weight is 354 g/mol. The first-order chi connectivity index (χ1) is 12.7. The lowest BCUT2D eigenvalue weighted by molar-refractivity contribution is 0.0643. The highest BCUT2D eigenvalue weighted by molar-refractivity contribution is 5.95. The average Bonchev–Trinajstić information content (AvgIpc) is 2.69. The van der Waals surface area contributed by atoms with E-state index in [1.54, 1.807) is 12.3 Å². The summed E-state index contributed by atoms with van der Waals surface area (Å²) in [5, 5.41) is 3.24. The van der Waals surface area contributed by atoms with Crippen LogP contribution < -0.4 is 10.1 Å². The Hall–Kier alpha value is -2.60. The van der Waals surface area contributed by atoms with Crippen LogP contribution in [-0.2, 0) is 0 Å². The molecule has 1 amide bonds. The van der Waals surface area contributed by atoms with Crippen LogP contribution >= 0.6 is 0 Å². The van der Waals surface area contributed by atoms with Gasteiger partial charge in [0.05, 0.1) is 6.61 Å². The number of anilines is 2. The van der Waals surface area contributed by atoms with Crippen LogP contribution in [0.1, 0.15) is 24.2 Å². The fraction of sp³-hybridized carbons (Fsp3) is 0.400. The summed E-state index contributed by atoms with van der Waals surface area (Å²) < 4.78 is 5.45. The summed E-state index contributed by atoms with van der Waals surface area (Å²) in [5.41, 5.74) is 1.57. The third-order valence-electron chi connectivity index (χ3n) is 4.55. The number of nitrogens with zero attached hydrogens (tertiary/aromatic N) is 3. The topological polar surface area (TPSA) is 57.7 Å². The molecule has 1 aliphatic heterocycles. The Morgan fingerprint density at radius 2 is 1.85 bits per heavy atom. The molecule has 1 aromatic carbocycles. The van der Waals surface area contributed by atoms with Gasteiger partial charge in [-0.2, -0.15) is 0 Å². The number of hydrogen-bond donors (Lipinski definition) is 1. The molecule has 2 aromatic rings. The monoisotopic (exact) mass is 354 g/mol. The van der Waals surface area contributed by atoms with Gasteiger partial charge >= 0.3 is 0 Å². The minimum absolute atomic E-state index is 0.0675. The highest BCUT2D eigenvalue weighted by Gasteiger charge is 2.21. The van der Waals surface area contributed by atoms with Crippen LogP contribution in [0.3, 0.4) is 0 Å². The fourth-order valence-electron chi connectivity index (χ4n) is 3.03. The third-order valence-corrected chi connectivity index (χ3v) is 4.55. The van der Waals surface area contributed by atoms with Crippen molar-refractivity contribution in [3.63, 3.8) is 0 Å². The van der Waals surface area contributed by atoms with Crippen molar-refractivity contribution in [3.8, 4) is 5.75 Å². The van der Waals surface area contributed by atoms with Crippen LogP contribution in [0.5, 0.6) is 5.75 Å². The summed E-state index contributed by atoms with van der Waals surface area (Å²) in [6.07, 6.45) is 1.67. The van der Waals surface area contributed by atoms with Crippen molar-refractivity contribution in [2.75, 3.05) is 44.6 Å². The highest BCUT2D eigenvalue weighted by Crippen LogP contribution is 2.20. The molecule has 1 saturated heterocycles. The molecule has 0 radical (unpaired) electrons. The van der Waals surface area contributed by atoms with Gasteiger partial charge in [-0.25, -0.2) is 4.98 Å². The lowest BCUT2D eigenvalue weighted by atomic mass is 10.2. The highest BCUT2D eigenvalue weighted by atomic mass is 16.5. The van der Waals surface area contributed by atoms with Crippen molar-refractivity contribution in [2.45, 2.75) is 13.8 Å². The molecule has 0 spiro atoms. The molecule has 1 fully saturated rings. The quantitative estimate of drug-likeness (QED) is 0.864. The van der Waals surface area contributed by atoms with Crippen LogP contribution in [-0.4, -0.2) is 60.0 Å². The lowest BCUT2D eigenvalue weighted by Crippen LogP contribution is -2.48. The standard InChI is InChI=1S/C20H26N4O2/c1-3-23-11-13-24(14-12-23)20(25)16-9-10-21-19(15-16)22-17-5-7-18(8-6-17)26-4-2/h5-10,15H,3-4,11-14H2,1-2H3,(H,21,22). The molecule has 1 N–H and O–H groups in total. The van der Waals surface area contributed by atoms with Gasteiger partial charge in [-0.1, -0.05) is 6.92 Å². The van der Waals surface area contributed by atoms with Crippen molar-refractivity contribution >= 4 is 17.4 Å². The molecule has 0 bridgehead atoms. The van der Waals surface area contributed by atoms with Gasteiger partial charge in [0.25, 0.3) is 5.91 Å². The van der Waals surface area contributed by atoms with E-state index >= 15 is 0 Å². The number of piperazine rings is 1. The van der Waals surface area contributed by atoms with E-state index < -0.39 is 0 Å². The van der Waals surface area contributed by atoms with E-state index in [9.17, 15) is 4.79 Å². The summed E-state index contributed by atoms with van der Waals surface area (Å²) in [5.74, 6) is 1.56. The number of rotatable bonds is 6. The van der Waals surface area contributed by atoms with Crippen molar-refractivity contribution in [2.24, 2.45) is 0 Å². The predicted octanol–water partition coefficient (Wildman–Crippen LogP) is 3.00. The zero-order chi connectivity index (χ0) is 18.4. The number of carbonyl (C=O) groups is 1. The van der Waals surface area contributed by atoms with Crippen molar-refractivity contribution < 1.29 is 9.53 Å². The second-order valence-corrected chi connectivity index (χ2v) is 6.24. The first-order valence-electron chi connectivity index (χ1n) is 9.17. The number of pyridine rings is 1. The van der Waals surface area contributed by atoms with Gasteiger partial charge in [0.15, 0.2) is 0 Å². The minimum atomic E-state index is 0.0675. The van der Waals surface area contributed by atoms with E-state index in [4.69, 9.17) is 4.74 Å². The Balaban J connectivity index is 1.65. The van der Waals surface area contributed by atoms with Gasteiger partial charge < -0.3 is 19.9 Å². The summed E-state index contributed by atoms with van der Waals surface area (Å²) >= 11 is 0. The smallest absolute Gasteiger partial charge is 0.254 e. The molecule has 3 rings (SSSR count). The van der Waals surface area contributed by atoms with Crippen LogP contribution in [0.25, 0.3) is 0 Å². The Labute approximate surface area is 154 Å². The van der Waals surface area contributed by atoms with Gasteiger partial charge in [-0.3, -0.25) is 4.79 Å². The molecule has 26 heavy (non-hydrogen) atoms. The second-order valence-electron chi connectivity index (χ2n) is 6.24. The Morgan fingerprint density at radius 1 is 1.12 bits per heavy atom. The molecular formula is C20H26N4O2. The normalized spacial score (nSPS) is 14.9. The molecule has 1 aromatic heterocycles. The van der Waals surface area contributed by atoms with E-state index in [0.29, 0.717) is 18.0 Å². The molecule has 0 saturated carbocycles. The Morgan fingerprint density at radius 3 is 2.50 bits per heavy atom. The molecule has 0 aliphatic carbocycles. The maximum Gasteiger partial charge on any atom is 0.254 e. The number of amides is 1. The molecule has 6 heteroatoms. The van der Waals surface area contributed by atoms with Crippen LogP contribution in [0, 0.1) is 0 Å². The largest absolute Gasteiger partial charge is 0.494 e. The van der Waals surface area contributed by atoms with Crippen LogP contribution in [0.15, 0.2) is 42.6 Å². The Bertz CT molecular complexity index is 725. The molecular weight excluding hydrogens is 328 g/mol. The van der Waals surface area contributed by atoms with Crippen LogP contribution in [0.2, 0.25) is 0 Å². The van der Waals surface area contributed by atoms with E-state index in [0.717, 1.165) is 44.2 Å². The summed E-state index contributed by atoms with van der Waals surface area (Å²) in [6.45, 7) is 9.21. The van der Waals surface area contributed by atoms with Crippen molar-refractivity contribution in [3.05, 3.63) is 48.2 Å². The lowest BCUT2D eigenvalue weighted by Gasteiger charge is -2.34. The van der Waals surface area contributed by atoms with Gasteiger partial charge in [0, 0.05) is 43.6 Å². The number of ether oxygens (including phenoxy) is 1. The first-order valence-corrected chi connectivity index (χ1v) is 9.17. The fourth-order valence-corrected chi connectivity index (χ4v) is 3.03. The maximum atomic E-state index is 12.8. The summed E-state index contributed by atoms with van der Waals surface area (Å²) in [4.78, 5) is 21.4. The molecule has 1 aliphatic rings. The zero-order valence-electron chi connectivity index (χ0n) is 15.4. The number of likely N-dealkylation sites (N-methyl/N-ethyl adjacent to an activating group) is 1. The number of carbonyl (C=O) groups excluding carboxylic acids is 1. The maximum absolute atomic E-state index is 12.8. The van der Waals surface area contributed by atoms with Crippen molar-refractivity contribution in [1.29, 1.82) is 0 Å². The SMILES string of the molecule is CCOc1ccc(Nc2cc(C(=O)N3CCN(CC)CC3)ccn2)cc1. The van der Waals surface area contributed by atoms with E-state index in [2.05, 4.69) is 22.1 Å². The van der Waals surface area contributed by atoms with Gasteiger partial charge in [-0.05, 0) is 49.9 Å². The first kappa shape index (κ1) is 18.2. The molecule has 0 unspecified atom stereocenters. The van der Waals surface area contributed by atoms with Gasteiger partial charge in [0.2, 0.25) is 0 Å². The molecule has 2 heterocycles. The predicted molar refractivity (Wildman–Crippen MR) is 103 cm³/mol. The van der Waals surface area contributed by atoms with Gasteiger partial charge in [0.1, 0.15) is 11.6 Å². The number of aromatic nitrogens is 1. The van der Waals surface area contributed by atoms with E-state index in [1.807, 2.05) is 42.2 Å². The van der Waals surface area contributed by atoms with Crippen molar-refractivity contribution in [1.82, 2.24) is 14.8 Å². The molecule has 138 valence electrons. The second kappa shape index (κ2) is 8.67. The minimum Gasteiger partial charge on any atom is -0.494 e. The number of benzene rings is 1. The van der Waals surface area contributed by atoms with Crippen LogP contribution in [0.4, 0.5) is 11.5 Å². The third kappa shape index (κ3) is 4.52. The van der Waals surface area contributed by atoms with E-state index in [-0.39, 0.29) is 5.91 Å². The van der Waals surface area contributed by atoms with Gasteiger partial charge in [-0.15, -0.1) is 0 Å². The van der Waals surface area contributed by atoms with E-state index in [1.165, 1.54) is 0 Å². The summed E-state index contributed by atoms with van der Waals surface area (Å²) in [6, 6.07) is 11.3. The molecule has 6 nitrogen and oxygen atoms in total. The summed E-state index contributed by atoms with van der Waals surface area (Å²) in [7, 11) is 0. The molecule has 0 atom stereocenters.